The zero-order valence-corrected chi connectivity index (χ0v) is 14.4. The van der Waals surface area contributed by atoms with Gasteiger partial charge in [0.25, 0.3) is 0 Å². The molecule has 2 amide bonds. The molecular weight excluding hydrogens is 325 g/mol. The molecule has 0 bridgehead atoms. The molecule has 0 radical (unpaired) electrons. The summed E-state index contributed by atoms with van der Waals surface area (Å²) in [5.41, 5.74) is 1.05. The zero-order valence-electron chi connectivity index (χ0n) is 13.6. The fraction of sp³-hybridized carbons (Fsp3) is 0.444. The number of benzene rings is 1. The number of hydrogen-bond donors (Lipinski definition) is 2. The highest BCUT2D eigenvalue weighted by molar-refractivity contribution is 7.11. The lowest BCUT2D eigenvalue weighted by molar-refractivity contribution is 0.232. The average molecular weight is 347 g/mol. The van der Waals surface area contributed by atoms with Gasteiger partial charge in [0.2, 0.25) is 0 Å². The third-order valence-corrected chi connectivity index (χ3v) is 5.23. The van der Waals surface area contributed by atoms with Crippen molar-refractivity contribution in [2.24, 2.45) is 0 Å². The number of urea groups is 1. The molecule has 24 heavy (non-hydrogen) atoms. The van der Waals surface area contributed by atoms with E-state index < -0.39 is 0 Å². The van der Waals surface area contributed by atoms with Gasteiger partial charge in [-0.3, -0.25) is 0 Å². The van der Waals surface area contributed by atoms with E-state index in [1.807, 2.05) is 6.20 Å². The molecule has 1 fully saturated rings. The molecule has 6 heteroatoms. The molecule has 1 saturated carbocycles. The van der Waals surface area contributed by atoms with E-state index in [1.165, 1.54) is 31.4 Å². The van der Waals surface area contributed by atoms with E-state index in [0.29, 0.717) is 12.6 Å². The Balaban J connectivity index is 1.45. The van der Waals surface area contributed by atoms with E-state index in [2.05, 4.69) is 15.6 Å². The Morgan fingerprint density at radius 3 is 2.71 bits per heavy atom. The van der Waals surface area contributed by atoms with Crippen LogP contribution in [0.1, 0.15) is 47.6 Å². The van der Waals surface area contributed by atoms with E-state index in [0.717, 1.165) is 34.7 Å². The van der Waals surface area contributed by atoms with E-state index in [9.17, 15) is 9.18 Å². The van der Waals surface area contributed by atoms with Gasteiger partial charge in [0.05, 0.1) is 6.54 Å². The Morgan fingerprint density at radius 1 is 1.21 bits per heavy atom. The summed E-state index contributed by atoms with van der Waals surface area (Å²) in [7, 11) is 0. The number of nitrogens with one attached hydrogen (secondary N) is 2. The van der Waals surface area contributed by atoms with Crippen molar-refractivity contribution in [3.8, 4) is 0 Å². The first kappa shape index (κ1) is 16.9. The van der Waals surface area contributed by atoms with Gasteiger partial charge in [-0.05, 0) is 30.5 Å². The summed E-state index contributed by atoms with van der Waals surface area (Å²) in [5, 5.41) is 6.79. The molecule has 1 aromatic carbocycles. The van der Waals surface area contributed by atoms with Crippen LogP contribution in [0.25, 0.3) is 0 Å². The van der Waals surface area contributed by atoms with Crippen molar-refractivity contribution in [2.45, 2.75) is 51.1 Å². The van der Waals surface area contributed by atoms with E-state index >= 15 is 0 Å². The Kier molecular flexibility index (Phi) is 5.80. The van der Waals surface area contributed by atoms with Gasteiger partial charge in [-0.25, -0.2) is 14.2 Å². The molecule has 0 saturated heterocycles. The first-order valence-electron chi connectivity index (χ1n) is 8.41. The van der Waals surface area contributed by atoms with Crippen molar-refractivity contribution >= 4 is 17.4 Å². The minimum atomic E-state index is -0.225. The van der Waals surface area contributed by atoms with Crippen molar-refractivity contribution in [1.82, 2.24) is 15.6 Å². The van der Waals surface area contributed by atoms with Gasteiger partial charge in [-0.1, -0.05) is 31.4 Å². The summed E-state index contributed by atoms with van der Waals surface area (Å²) in [6, 6.07) is 6.69. The third-order valence-electron chi connectivity index (χ3n) is 4.23. The number of hydrogen-bond acceptors (Lipinski definition) is 3. The maximum absolute atomic E-state index is 12.9. The zero-order chi connectivity index (χ0) is 16.8. The SMILES string of the molecule is O=C(NCc1ncc(Cc2ccc(F)cc2)s1)NC1CCCCC1. The summed E-state index contributed by atoms with van der Waals surface area (Å²) in [5.74, 6) is -0.225. The fourth-order valence-electron chi connectivity index (χ4n) is 2.95. The minimum absolute atomic E-state index is 0.114. The molecule has 1 aliphatic carbocycles. The molecule has 128 valence electrons. The topological polar surface area (TPSA) is 54.0 Å². The predicted molar refractivity (Wildman–Crippen MR) is 93.6 cm³/mol. The number of carbonyl (C=O) groups excluding carboxylic acids is 1. The highest BCUT2D eigenvalue weighted by Gasteiger charge is 2.15. The summed E-state index contributed by atoms with van der Waals surface area (Å²) in [4.78, 5) is 17.4. The molecule has 1 aromatic heterocycles. The van der Waals surface area contributed by atoms with E-state index in [4.69, 9.17) is 0 Å². The second-order valence-corrected chi connectivity index (χ2v) is 7.39. The number of halogens is 1. The molecule has 4 nitrogen and oxygen atoms in total. The number of carbonyl (C=O) groups is 1. The third kappa shape index (κ3) is 5.03. The van der Waals surface area contributed by atoms with Crippen LogP contribution in [0.2, 0.25) is 0 Å². The van der Waals surface area contributed by atoms with Crippen LogP contribution in [-0.4, -0.2) is 17.1 Å². The summed E-state index contributed by atoms with van der Waals surface area (Å²) in [6.45, 7) is 0.437. The van der Waals surface area contributed by atoms with Crippen LogP contribution in [0.5, 0.6) is 0 Å². The second kappa shape index (κ2) is 8.24. The standard InChI is InChI=1S/C18H22FN3OS/c19-14-8-6-13(7-9-14)10-16-11-20-17(24-16)12-21-18(23)22-15-4-2-1-3-5-15/h6-9,11,15H,1-5,10,12H2,(H2,21,22,23). The summed E-state index contributed by atoms with van der Waals surface area (Å²) >= 11 is 1.57. The molecule has 0 atom stereocenters. The lowest BCUT2D eigenvalue weighted by Gasteiger charge is -2.22. The van der Waals surface area contributed by atoms with Crippen molar-refractivity contribution in [1.29, 1.82) is 0 Å². The number of rotatable bonds is 5. The molecule has 0 spiro atoms. The highest BCUT2D eigenvalue weighted by atomic mass is 32.1. The van der Waals surface area contributed by atoms with Crippen molar-refractivity contribution in [2.75, 3.05) is 0 Å². The van der Waals surface area contributed by atoms with Gasteiger partial charge >= 0.3 is 6.03 Å². The van der Waals surface area contributed by atoms with Gasteiger partial charge in [-0.2, -0.15) is 0 Å². The second-order valence-electron chi connectivity index (χ2n) is 6.19. The predicted octanol–water partition coefficient (Wildman–Crippen LogP) is 4.00. The maximum Gasteiger partial charge on any atom is 0.315 e. The molecule has 0 aliphatic heterocycles. The maximum atomic E-state index is 12.9. The van der Waals surface area contributed by atoms with Crippen molar-refractivity contribution < 1.29 is 9.18 Å². The van der Waals surface area contributed by atoms with Crippen LogP contribution in [0, 0.1) is 5.82 Å². The Morgan fingerprint density at radius 2 is 1.96 bits per heavy atom. The van der Waals surface area contributed by atoms with E-state index in [-0.39, 0.29) is 11.8 Å². The molecule has 2 N–H and O–H groups in total. The van der Waals surface area contributed by atoms with E-state index in [1.54, 1.807) is 23.5 Å². The fourth-order valence-corrected chi connectivity index (χ4v) is 3.85. The number of thiazole rings is 1. The summed E-state index contributed by atoms with van der Waals surface area (Å²) in [6.07, 6.45) is 8.37. The van der Waals surface area contributed by atoms with Gasteiger partial charge < -0.3 is 10.6 Å². The number of amides is 2. The average Bonchev–Trinajstić information content (AvgIpc) is 3.04. The van der Waals surface area contributed by atoms with Crippen LogP contribution in [0.3, 0.4) is 0 Å². The minimum Gasteiger partial charge on any atom is -0.335 e. The lowest BCUT2D eigenvalue weighted by Crippen LogP contribution is -2.42. The monoisotopic (exact) mass is 347 g/mol. The molecule has 0 unspecified atom stereocenters. The van der Waals surface area contributed by atoms with Crippen LogP contribution in [-0.2, 0) is 13.0 Å². The molecule has 1 aliphatic rings. The van der Waals surface area contributed by atoms with Gasteiger partial charge in [0, 0.05) is 23.5 Å². The summed E-state index contributed by atoms with van der Waals surface area (Å²) < 4.78 is 12.9. The molecular formula is C18H22FN3OS. The van der Waals surface area contributed by atoms with Crippen LogP contribution in [0.4, 0.5) is 9.18 Å². The number of aromatic nitrogens is 1. The van der Waals surface area contributed by atoms with Crippen molar-refractivity contribution in [3.05, 3.63) is 51.7 Å². The van der Waals surface area contributed by atoms with Crippen LogP contribution in [0.15, 0.2) is 30.5 Å². The molecule has 3 rings (SSSR count). The first-order chi connectivity index (χ1) is 11.7. The largest absolute Gasteiger partial charge is 0.335 e. The Labute approximate surface area is 145 Å². The van der Waals surface area contributed by atoms with Crippen LogP contribution < -0.4 is 10.6 Å². The van der Waals surface area contributed by atoms with Crippen LogP contribution >= 0.6 is 11.3 Å². The Bertz CT molecular complexity index is 665. The highest BCUT2D eigenvalue weighted by Crippen LogP contribution is 2.18. The smallest absolute Gasteiger partial charge is 0.315 e. The normalized spacial score (nSPS) is 15.2. The Hall–Kier alpha value is -1.95. The quantitative estimate of drug-likeness (QED) is 0.859. The number of nitrogens with zero attached hydrogens (tertiary/aromatic N) is 1. The first-order valence-corrected chi connectivity index (χ1v) is 9.23. The lowest BCUT2D eigenvalue weighted by atomic mass is 9.96. The van der Waals surface area contributed by atoms with Gasteiger partial charge in [-0.15, -0.1) is 11.3 Å². The molecule has 1 heterocycles. The molecule has 2 aromatic rings. The van der Waals surface area contributed by atoms with Crippen molar-refractivity contribution in [3.63, 3.8) is 0 Å². The van der Waals surface area contributed by atoms with Gasteiger partial charge in [0.1, 0.15) is 10.8 Å². The van der Waals surface area contributed by atoms with Gasteiger partial charge in [0.15, 0.2) is 0 Å².